The Labute approximate surface area is 116 Å². The summed E-state index contributed by atoms with van der Waals surface area (Å²) >= 11 is 0. The van der Waals surface area contributed by atoms with Crippen molar-refractivity contribution in [2.45, 2.75) is 19.4 Å². The summed E-state index contributed by atoms with van der Waals surface area (Å²) < 4.78 is 1.52. The average molecular weight is 281 g/mol. The Morgan fingerprint density at radius 2 is 2.30 bits per heavy atom. The summed E-state index contributed by atoms with van der Waals surface area (Å²) in [6.07, 6.45) is 3.33. The molecule has 20 heavy (non-hydrogen) atoms. The lowest BCUT2D eigenvalue weighted by molar-refractivity contribution is -0.126. The van der Waals surface area contributed by atoms with E-state index in [-0.39, 0.29) is 17.5 Å². The van der Waals surface area contributed by atoms with Gasteiger partial charge in [0.1, 0.15) is 0 Å². The quantitative estimate of drug-likeness (QED) is 0.750. The van der Waals surface area contributed by atoms with Crippen molar-refractivity contribution in [2.24, 2.45) is 5.92 Å². The van der Waals surface area contributed by atoms with Crippen molar-refractivity contribution < 1.29 is 14.7 Å². The second-order valence-corrected chi connectivity index (χ2v) is 4.93. The Morgan fingerprint density at radius 3 is 2.95 bits per heavy atom. The third-order valence-electron chi connectivity index (χ3n) is 3.53. The Balaban J connectivity index is 1.83. The van der Waals surface area contributed by atoms with Gasteiger partial charge in [0.05, 0.1) is 18.7 Å². The van der Waals surface area contributed by atoms with Crippen LogP contribution in [0.2, 0.25) is 0 Å². The largest absolute Gasteiger partial charge is 0.476 e. The van der Waals surface area contributed by atoms with Crippen LogP contribution < -0.4 is 5.32 Å². The maximum atomic E-state index is 11.6. The van der Waals surface area contributed by atoms with Crippen molar-refractivity contribution in [1.82, 2.24) is 25.2 Å². The van der Waals surface area contributed by atoms with Crippen LogP contribution >= 0.6 is 0 Å². The fourth-order valence-electron chi connectivity index (χ4n) is 2.43. The number of aromatic carboxylic acids is 1. The number of nitrogens with zero attached hydrogens (tertiary/aromatic N) is 4. The van der Waals surface area contributed by atoms with Crippen LogP contribution in [0.4, 0.5) is 0 Å². The minimum absolute atomic E-state index is 0.0408. The highest BCUT2D eigenvalue weighted by molar-refractivity contribution is 5.84. The minimum Gasteiger partial charge on any atom is -0.476 e. The smallest absolute Gasteiger partial charge is 0.358 e. The van der Waals surface area contributed by atoms with Gasteiger partial charge in [-0.2, -0.15) is 0 Å². The maximum Gasteiger partial charge on any atom is 0.358 e. The third kappa shape index (κ3) is 3.53. The summed E-state index contributed by atoms with van der Waals surface area (Å²) in [7, 11) is 1.66. The molecule has 1 aliphatic rings. The van der Waals surface area contributed by atoms with Crippen LogP contribution in [-0.4, -0.2) is 63.6 Å². The predicted octanol–water partition coefficient (Wildman–Crippen LogP) is -0.566. The molecule has 0 aromatic carbocycles. The molecule has 8 heteroatoms. The Hall–Kier alpha value is -1.96. The molecule has 0 aliphatic carbocycles. The summed E-state index contributed by atoms with van der Waals surface area (Å²) in [5, 5.41) is 18.8. The van der Waals surface area contributed by atoms with Crippen molar-refractivity contribution >= 4 is 11.9 Å². The second kappa shape index (κ2) is 6.47. The van der Waals surface area contributed by atoms with Crippen molar-refractivity contribution in [1.29, 1.82) is 0 Å². The standard InChI is InChI=1S/C12H19N5O3/c1-13-11(18)9-3-2-4-16(7-9)5-6-17-8-10(12(19)20)14-15-17/h8-9H,2-7H2,1H3,(H,13,18)(H,19,20). The highest BCUT2D eigenvalue weighted by Crippen LogP contribution is 2.16. The van der Waals surface area contributed by atoms with Gasteiger partial charge in [-0.1, -0.05) is 5.21 Å². The van der Waals surface area contributed by atoms with Crippen molar-refractivity contribution in [3.8, 4) is 0 Å². The molecule has 1 unspecified atom stereocenters. The highest BCUT2D eigenvalue weighted by Gasteiger charge is 2.24. The molecule has 1 aromatic rings. The van der Waals surface area contributed by atoms with Gasteiger partial charge in [-0.15, -0.1) is 5.10 Å². The SMILES string of the molecule is CNC(=O)C1CCCN(CCn2cc(C(=O)O)nn2)C1. The van der Waals surface area contributed by atoms with E-state index in [0.29, 0.717) is 6.54 Å². The van der Waals surface area contributed by atoms with Crippen molar-refractivity contribution in [3.05, 3.63) is 11.9 Å². The Kier molecular flexibility index (Phi) is 4.67. The topological polar surface area (TPSA) is 100 Å². The zero-order chi connectivity index (χ0) is 14.5. The van der Waals surface area contributed by atoms with E-state index in [1.54, 1.807) is 7.05 Å². The van der Waals surface area contributed by atoms with Crippen LogP contribution in [0.5, 0.6) is 0 Å². The molecule has 2 N–H and O–H groups in total. The first kappa shape index (κ1) is 14.4. The molecular weight excluding hydrogens is 262 g/mol. The van der Waals surface area contributed by atoms with Crippen LogP contribution in [0.15, 0.2) is 6.20 Å². The van der Waals surface area contributed by atoms with Gasteiger partial charge in [-0.05, 0) is 19.4 Å². The molecular formula is C12H19N5O3. The van der Waals surface area contributed by atoms with Crippen LogP contribution in [-0.2, 0) is 11.3 Å². The molecule has 1 aromatic heterocycles. The first-order chi connectivity index (χ1) is 9.60. The maximum absolute atomic E-state index is 11.6. The molecule has 1 atom stereocenters. The summed E-state index contributed by atoms with van der Waals surface area (Å²) in [6, 6.07) is 0. The van der Waals surface area contributed by atoms with Gasteiger partial charge in [0.15, 0.2) is 5.69 Å². The lowest BCUT2D eigenvalue weighted by atomic mass is 9.97. The number of amides is 1. The fourth-order valence-corrected chi connectivity index (χ4v) is 2.43. The molecule has 1 aliphatic heterocycles. The zero-order valence-electron chi connectivity index (χ0n) is 11.4. The van der Waals surface area contributed by atoms with E-state index in [4.69, 9.17) is 5.11 Å². The van der Waals surface area contributed by atoms with E-state index in [0.717, 1.165) is 32.5 Å². The number of nitrogens with one attached hydrogen (secondary N) is 1. The van der Waals surface area contributed by atoms with E-state index in [1.165, 1.54) is 10.9 Å². The predicted molar refractivity (Wildman–Crippen MR) is 70.2 cm³/mol. The van der Waals surface area contributed by atoms with Gasteiger partial charge in [0.2, 0.25) is 5.91 Å². The molecule has 1 amide bonds. The molecule has 0 bridgehead atoms. The van der Waals surface area contributed by atoms with Crippen LogP contribution in [0.25, 0.3) is 0 Å². The molecule has 8 nitrogen and oxygen atoms in total. The zero-order valence-corrected chi connectivity index (χ0v) is 11.4. The number of carboxylic acids is 1. The second-order valence-electron chi connectivity index (χ2n) is 4.93. The molecule has 110 valence electrons. The van der Waals surface area contributed by atoms with Gasteiger partial charge in [0, 0.05) is 20.1 Å². The molecule has 0 radical (unpaired) electrons. The van der Waals surface area contributed by atoms with E-state index in [2.05, 4.69) is 20.5 Å². The van der Waals surface area contributed by atoms with Gasteiger partial charge in [-0.25, -0.2) is 4.79 Å². The third-order valence-corrected chi connectivity index (χ3v) is 3.53. The molecule has 0 saturated carbocycles. The first-order valence-electron chi connectivity index (χ1n) is 6.67. The van der Waals surface area contributed by atoms with E-state index in [9.17, 15) is 9.59 Å². The number of aromatic nitrogens is 3. The number of carboxylic acid groups (broad SMARTS) is 1. The Bertz CT molecular complexity index is 487. The number of rotatable bonds is 5. The van der Waals surface area contributed by atoms with Gasteiger partial charge >= 0.3 is 5.97 Å². The van der Waals surface area contributed by atoms with E-state index in [1.807, 2.05) is 0 Å². The molecule has 0 spiro atoms. The summed E-state index contributed by atoms with van der Waals surface area (Å²) in [5.41, 5.74) is -0.0492. The molecule has 2 rings (SSSR count). The van der Waals surface area contributed by atoms with Crippen LogP contribution in [0.3, 0.4) is 0 Å². The first-order valence-corrected chi connectivity index (χ1v) is 6.67. The minimum atomic E-state index is -1.08. The van der Waals surface area contributed by atoms with Gasteiger partial charge in [0.25, 0.3) is 0 Å². The number of hydrogen-bond donors (Lipinski definition) is 2. The lowest BCUT2D eigenvalue weighted by Gasteiger charge is -2.31. The fraction of sp³-hybridized carbons (Fsp3) is 0.667. The van der Waals surface area contributed by atoms with E-state index >= 15 is 0 Å². The molecule has 1 fully saturated rings. The summed E-state index contributed by atoms with van der Waals surface area (Å²) in [6.45, 7) is 2.99. The lowest BCUT2D eigenvalue weighted by Crippen LogP contribution is -2.43. The van der Waals surface area contributed by atoms with Crippen molar-refractivity contribution in [3.63, 3.8) is 0 Å². The van der Waals surface area contributed by atoms with Crippen LogP contribution in [0.1, 0.15) is 23.3 Å². The van der Waals surface area contributed by atoms with Crippen molar-refractivity contribution in [2.75, 3.05) is 26.7 Å². The summed E-state index contributed by atoms with van der Waals surface area (Å²) in [5.74, 6) is -0.948. The monoisotopic (exact) mass is 281 g/mol. The number of carbonyl (C=O) groups excluding carboxylic acids is 1. The number of hydrogen-bond acceptors (Lipinski definition) is 5. The molecule has 2 heterocycles. The number of piperidine rings is 1. The Morgan fingerprint density at radius 1 is 1.50 bits per heavy atom. The normalized spacial score (nSPS) is 19.8. The van der Waals surface area contributed by atoms with Gasteiger partial charge < -0.3 is 15.3 Å². The van der Waals surface area contributed by atoms with E-state index < -0.39 is 5.97 Å². The highest BCUT2D eigenvalue weighted by atomic mass is 16.4. The number of carbonyl (C=O) groups is 2. The summed E-state index contributed by atoms with van der Waals surface area (Å²) in [4.78, 5) is 24.5. The average Bonchev–Trinajstić information content (AvgIpc) is 2.93. The molecule has 1 saturated heterocycles. The van der Waals surface area contributed by atoms with Gasteiger partial charge in [-0.3, -0.25) is 9.48 Å². The van der Waals surface area contributed by atoms with Crippen LogP contribution in [0, 0.1) is 5.92 Å². The number of likely N-dealkylation sites (tertiary alicyclic amines) is 1.